The Morgan fingerprint density at radius 3 is 3.07 bits per heavy atom. The van der Waals surface area contributed by atoms with Crippen LogP contribution in [-0.2, 0) is 6.54 Å². The molecule has 0 radical (unpaired) electrons. The SMILES string of the molecule is C=CCn1nnc2c(C)c(Br)ccc21. The summed E-state index contributed by atoms with van der Waals surface area (Å²) in [7, 11) is 0. The molecule has 0 aliphatic heterocycles. The first-order valence-corrected chi connectivity index (χ1v) is 5.12. The molecule has 0 spiro atoms. The minimum absolute atomic E-state index is 0.692. The lowest BCUT2D eigenvalue weighted by Gasteiger charge is -1.99. The topological polar surface area (TPSA) is 30.7 Å². The van der Waals surface area contributed by atoms with E-state index in [0.29, 0.717) is 6.54 Å². The summed E-state index contributed by atoms with van der Waals surface area (Å²) in [5.41, 5.74) is 3.12. The molecule has 0 saturated heterocycles. The number of hydrogen-bond acceptors (Lipinski definition) is 2. The van der Waals surface area contributed by atoms with E-state index in [1.165, 1.54) is 0 Å². The van der Waals surface area contributed by atoms with Crippen molar-refractivity contribution in [3.63, 3.8) is 0 Å². The normalized spacial score (nSPS) is 10.7. The number of aromatic nitrogens is 3. The Bertz CT molecular complexity index is 487. The van der Waals surface area contributed by atoms with Crippen molar-refractivity contribution >= 4 is 27.0 Å². The van der Waals surface area contributed by atoms with Gasteiger partial charge in [0, 0.05) is 4.47 Å². The minimum atomic E-state index is 0.692. The molecule has 2 rings (SSSR count). The van der Waals surface area contributed by atoms with Gasteiger partial charge in [0.05, 0.1) is 12.1 Å². The molecule has 1 heterocycles. The highest BCUT2D eigenvalue weighted by Crippen LogP contribution is 2.23. The standard InChI is InChI=1S/C10H10BrN3/c1-3-6-14-9-5-4-8(11)7(2)10(9)12-13-14/h3-5H,1,6H2,2H3. The highest BCUT2D eigenvalue weighted by molar-refractivity contribution is 9.10. The van der Waals surface area contributed by atoms with Gasteiger partial charge in [-0.3, -0.25) is 0 Å². The Labute approximate surface area is 90.5 Å². The Balaban J connectivity index is 2.70. The maximum absolute atomic E-state index is 4.13. The smallest absolute Gasteiger partial charge is 0.117 e. The zero-order valence-electron chi connectivity index (χ0n) is 7.87. The van der Waals surface area contributed by atoms with Gasteiger partial charge in [-0.2, -0.15) is 0 Å². The fourth-order valence-electron chi connectivity index (χ4n) is 1.40. The third kappa shape index (κ3) is 1.35. The maximum atomic E-state index is 4.13. The van der Waals surface area contributed by atoms with E-state index in [1.54, 1.807) is 0 Å². The summed E-state index contributed by atoms with van der Waals surface area (Å²) in [6.07, 6.45) is 1.81. The first-order valence-electron chi connectivity index (χ1n) is 4.33. The number of halogens is 1. The van der Waals surface area contributed by atoms with Gasteiger partial charge < -0.3 is 0 Å². The summed E-state index contributed by atoms with van der Waals surface area (Å²) >= 11 is 3.47. The zero-order valence-corrected chi connectivity index (χ0v) is 9.45. The number of hydrogen-bond donors (Lipinski definition) is 0. The number of aryl methyl sites for hydroxylation is 1. The molecule has 1 aromatic carbocycles. The van der Waals surface area contributed by atoms with Crippen molar-refractivity contribution in [2.45, 2.75) is 13.5 Å². The third-order valence-corrected chi connectivity index (χ3v) is 3.04. The molecule has 0 unspecified atom stereocenters. The van der Waals surface area contributed by atoms with E-state index < -0.39 is 0 Å². The van der Waals surface area contributed by atoms with Gasteiger partial charge in [-0.15, -0.1) is 11.7 Å². The maximum Gasteiger partial charge on any atom is 0.117 e. The van der Waals surface area contributed by atoms with Crippen molar-refractivity contribution in [3.8, 4) is 0 Å². The highest BCUT2D eigenvalue weighted by Gasteiger charge is 2.07. The van der Waals surface area contributed by atoms with Crippen LogP contribution >= 0.6 is 15.9 Å². The van der Waals surface area contributed by atoms with Crippen LogP contribution in [0, 0.1) is 6.92 Å². The summed E-state index contributed by atoms with van der Waals surface area (Å²) in [5, 5.41) is 8.19. The van der Waals surface area contributed by atoms with Crippen LogP contribution in [0.25, 0.3) is 11.0 Å². The molecule has 3 nitrogen and oxygen atoms in total. The van der Waals surface area contributed by atoms with E-state index in [0.717, 1.165) is 21.1 Å². The average molecular weight is 252 g/mol. The Kier molecular flexibility index (Phi) is 2.37. The molecule has 72 valence electrons. The van der Waals surface area contributed by atoms with E-state index in [2.05, 4.69) is 32.8 Å². The minimum Gasteiger partial charge on any atom is -0.241 e. The number of benzene rings is 1. The largest absolute Gasteiger partial charge is 0.241 e. The van der Waals surface area contributed by atoms with E-state index in [1.807, 2.05) is 29.8 Å². The van der Waals surface area contributed by atoms with Crippen molar-refractivity contribution < 1.29 is 0 Å². The van der Waals surface area contributed by atoms with Crippen molar-refractivity contribution in [2.75, 3.05) is 0 Å². The van der Waals surface area contributed by atoms with Gasteiger partial charge in [0.15, 0.2) is 0 Å². The molecule has 14 heavy (non-hydrogen) atoms. The van der Waals surface area contributed by atoms with Crippen LogP contribution in [0.1, 0.15) is 5.56 Å². The first-order chi connectivity index (χ1) is 6.74. The fraction of sp³-hybridized carbons (Fsp3) is 0.200. The van der Waals surface area contributed by atoms with Gasteiger partial charge in [-0.25, -0.2) is 4.68 Å². The van der Waals surface area contributed by atoms with Crippen LogP contribution in [0.4, 0.5) is 0 Å². The summed E-state index contributed by atoms with van der Waals surface area (Å²) < 4.78 is 2.90. The quantitative estimate of drug-likeness (QED) is 0.769. The molecule has 0 aliphatic rings. The molecule has 0 N–H and O–H groups in total. The summed E-state index contributed by atoms with van der Waals surface area (Å²) in [4.78, 5) is 0. The monoisotopic (exact) mass is 251 g/mol. The molecular weight excluding hydrogens is 242 g/mol. The van der Waals surface area contributed by atoms with E-state index >= 15 is 0 Å². The molecule has 4 heteroatoms. The number of rotatable bonds is 2. The number of allylic oxidation sites excluding steroid dienone is 1. The first kappa shape index (κ1) is 9.40. The van der Waals surface area contributed by atoms with Gasteiger partial charge in [-0.1, -0.05) is 27.2 Å². The second-order valence-corrected chi connectivity index (χ2v) is 3.95. The number of fused-ring (bicyclic) bond motifs is 1. The second kappa shape index (κ2) is 3.53. The molecule has 0 atom stereocenters. The molecule has 1 aromatic heterocycles. The fourth-order valence-corrected chi connectivity index (χ4v) is 1.72. The van der Waals surface area contributed by atoms with Gasteiger partial charge >= 0.3 is 0 Å². The van der Waals surface area contributed by atoms with Crippen LogP contribution in [0.5, 0.6) is 0 Å². The lowest BCUT2D eigenvalue weighted by atomic mass is 10.2. The van der Waals surface area contributed by atoms with Gasteiger partial charge in [-0.05, 0) is 24.6 Å². The highest BCUT2D eigenvalue weighted by atomic mass is 79.9. The molecular formula is C10H10BrN3. The lowest BCUT2D eigenvalue weighted by molar-refractivity contribution is 0.683. The second-order valence-electron chi connectivity index (χ2n) is 3.10. The van der Waals surface area contributed by atoms with Gasteiger partial charge in [0.1, 0.15) is 5.52 Å². The Hall–Kier alpha value is -1.16. The van der Waals surface area contributed by atoms with E-state index in [4.69, 9.17) is 0 Å². The van der Waals surface area contributed by atoms with E-state index in [9.17, 15) is 0 Å². The van der Waals surface area contributed by atoms with Crippen molar-refractivity contribution in [1.29, 1.82) is 0 Å². The Morgan fingerprint density at radius 1 is 1.57 bits per heavy atom. The molecule has 0 aliphatic carbocycles. The molecule has 0 bridgehead atoms. The van der Waals surface area contributed by atoms with Crippen molar-refractivity contribution in [3.05, 3.63) is 34.8 Å². The van der Waals surface area contributed by atoms with Crippen LogP contribution in [0.15, 0.2) is 29.3 Å². The van der Waals surface area contributed by atoms with Gasteiger partial charge in [0.25, 0.3) is 0 Å². The molecule has 0 fully saturated rings. The number of nitrogens with zero attached hydrogens (tertiary/aromatic N) is 3. The third-order valence-electron chi connectivity index (χ3n) is 2.18. The average Bonchev–Trinajstić information content (AvgIpc) is 2.57. The summed E-state index contributed by atoms with van der Waals surface area (Å²) in [5.74, 6) is 0. The Morgan fingerprint density at radius 2 is 2.36 bits per heavy atom. The zero-order chi connectivity index (χ0) is 10.1. The van der Waals surface area contributed by atoms with Crippen LogP contribution in [-0.4, -0.2) is 15.0 Å². The summed E-state index contributed by atoms with van der Waals surface area (Å²) in [6.45, 7) is 6.40. The predicted octanol–water partition coefficient (Wildman–Crippen LogP) is 2.69. The molecule has 2 aromatic rings. The predicted molar refractivity (Wildman–Crippen MR) is 60.2 cm³/mol. The van der Waals surface area contributed by atoms with Crippen molar-refractivity contribution in [2.24, 2.45) is 0 Å². The summed E-state index contributed by atoms with van der Waals surface area (Å²) in [6, 6.07) is 4.02. The van der Waals surface area contributed by atoms with Crippen LogP contribution < -0.4 is 0 Å². The van der Waals surface area contributed by atoms with Crippen molar-refractivity contribution in [1.82, 2.24) is 15.0 Å². The lowest BCUT2D eigenvalue weighted by Crippen LogP contribution is -1.96. The molecule has 0 saturated carbocycles. The molecule has 0 amide bonds. The van der Waals surface area contributed by atoms with E-state index in [-0.39, 0.29) is 0 Å². The van der Waals surface area contributed by atoms with Crippen LogP contribution in [0.3, 0.4) is 0 Å². The van der Waals surface area contributed by atoms with Gasteiger partial charge in [0.2, 0.25) is 0 Å². The van der Waals surface area contributed by atoms with Crippen LogP contribution in [0.2, 0.25) is 0 Å².